The highest BCUT2D eigenvalue weighted by Crippen LogP contribution is 2.64. The molecule has 23 heavy (non-hydrogen) atoms. The fraction of sp³-hybridized carbons (Fsp3) is 0.611. The van der Waals surface area contributed by atoms with Crippen LogP contribution in [0.3, 0.4) is 0 Å². The Hall–Kier alpha value is -1.26. The van der Waals surface area contributed by atoms with Crippen LogP contribution < -0.4 is 0 Å². The summed E-state index contributed by atoms with van der Waals surface area (Å²) in [5, 5.41) is 0.628. The van der Waals surface area contributed by atoms with Crippen LogP contribution in [0.4, 0.5) is 4.79 Å². The number of piperidine rings is 1. The molecule has 1 aliphatic heterocycles. The van der Waals surface area contributed by atoms with Gasteiger partial charge in [-0.05, 0) is 44.6 Å². The molecule has 0 radical (unpaired) electrons. The third-order valence-electron chi connectivity index (χ3n) is 5.90. The number of hydrogen-bond donors (Lipinski definition) is 0. The minimum absolute atomic E-state index is 0.133. The number of methoxy groups -OCH3 is 1. The first-order valence-corrected chi connectivity index (χ1v) is 8.72. The standard InChI is InChI=1S/C18H22ClNO3/c1-11(16(22-2)13-5-3-4-6-14(13)19)23-17(21)20-15-9-12-7-8-18(15,20)10-12/h3-6,11-12,15-16H,7-10H2,1-2H3/t11-,12?,15?,16+,18?,20?/m1/s1. The van der Waals surface area contributed by atoms with E-state index >= 15 is 0 Å². The van der Waals surface area contributed by atoms with Gasteiger partial charge in [0.15, 0.2) is 0 Å². The second kappa shape index (κ2) is 5.38. The molecule has 1 aromatic carbocycles. The number of ether oxygens (including phenoxy) is 2. The molecule has 124 valence electrons. The third kappa shape index (κ3) is 2.26. The van der Waals surface area contributed by atoms with E-state index in [1.54, 1.807) is 7.11 Å². The van der Waals surface area contributed by atoms with Crippen LogP contribution in [0.2, 0.25) is 5.02 Å². The molecular weight excluding hydrogens is 314 g/mol. The molecule has 0 aromatic heterocycles. The molecule has 2 aliphatic carbocycles. The van der Waals surface area contributed by atoms with Crippen LogP contribution in [-0.4, -0.2) is 35.8 Å². The van der Waals surface area contributed by atoms with E-state index < -0.39 is 0 Å². The fourth-order valence-corrected chi connectivity index (χ4v) is 5.07. The van der Waals surface area contributed by atoms with Gasteiger partial charge in [-0.1, -0.05) is 29.8 Å². The maximum absolute atomic E-state index is 12.6. The Morgan fingerprint density at radius 1 is 1.43 bits per heavy atom. The predicted molar refractivity (Wildman–Crippen MR) is 87.5 cm³/mol. The van der Waals surface area contributed by atoms with Crippen LogP contribution in [0, 0.1) is 5.92 Å². The van der Waals surface area contributed by atoms with Crippen molar-refractivity contribution in [2.24, 2.45) is 5.92 Å². The quantitative estimate of drug-likeness (QED) is 0.775. The highest BCUT2D eigenvalue weighted by Gasteiger charge is 2.72. The Bertz CT molecular complexity index is 636. The average Bonchev–Trinajstić information content (AvgIpc) is 2.81. The summed E-state index contributed by atoms with van der Waals surface area (Å²) in [5.41, 5.74) is 0.982. The molecule has 4 nitrogen and oxygen atoms in total. The molecule has 1 amide bonds. The van der Waals surface area contributed by atoms with E-state index in [4.69, 9.17) is 21.1 Å². The van der Waals surface area contributed by atoms with Crippen molar-refractivity contribution in [2.75, 3.05) is 7.11 Å². The summed E-state index contributed by atoms with van der Waals surface area (Å²) >= 11 is 6.25. The van der Waals surface area contributed by atoms with Gasteiger partial charge in [-0.25, -0.2) is 4.79 Å². The average molecular weight is 336 g/mol. The number of benzene rings is 1. The summed E-state index contributed by atoms with van der Waals surface area (Å²) in [5.74, 6) is 0.830. The van der Waals surface area contributed by atoms with E-state index in [9.17, 15) is 4.79 Å². The van der Waals surface area contributed by atoms with Gasteiger partial charge in [0.2, 0.25) is 0 Å². The summed E-state index contributed by atoms with van der Waals surface area (Å²) in [6.07, 6.45) is 3.78. The molecule has 1 heterocycles. The normalized spacial score (nSPS) is 33.3. The Morgan fingerprint density at radius 2 is 2.22 bits per heavy atom. The van der Waals surface area contributed by atoms with E-state index in [2.05, 4.69) is 0 Å². The van der Waals surface area contributed by atoms with Gasteiger partial charge in [0, 0.05) is 17.7 Å². The minimum Gasteiger partial charge on any atom is -0.443 e. The third-order valence-corrected chi connectivity index (χ3v) is 6.25. The van der Waals surface area contributed by atoms with Crippen molar-refractivity contribution in [1.82, 2.24) is 4.90 Å². The Kier molecular flexibility index (Phi) is 3.58. The fourth-order valence-electron chi connectivity index (χ4n) is 4.82. The topological polar surface area (TPSA) is 38.5 Å². The largest absolute Gasteiger partial charge is 0.443 e. The van der Waals surface area contributed by atoms with Gasteiger partial charge in [0.25, 0.3) is 0 Å². The van der Waals surface area contributed by atoms with Crippen molar-refractivity contribution in [3.8, 4) is 0 Å². The zero-order valence-corrected chi connectivity index (χ0v) is 14.3. The summed E-state index contributed by atoms with van der Waals surface area (Å²) in [7, 11) is 1.62. The lowest BCUT2D eigenvalue weighted by atomic mass is 10.0. The van der Waals surface area contributed by atoms with Crippen molar-refractivity contribution in [2.45, 2.75) is 56.4 Å². The van der Waals surface area contributed by atoms with E-state index in [0.717, 1.165) is 24.3 Å². The molecule has 3 fully saturated rings. The number of carbonyl (C=O) groups excluding carboxylic acids is 1. The monoisotopic (exact) mass is 335 g/mol. The first-order valence-electron chi connectivity index (χ1n) is 8.34. The van der Waals surface area contributed by atoms with E-state index in [1.165, 1.54) is 12.8 Å². The molecule has 0 N–H and O–H groups in total. The highest BCUT2D eigenvalue weighted by atomic mass is 35.5. The predicted octanol–water partition coefficient (Wildman–Crippen LogP) is 4.18. The van der Waals surface area contributed by atoms with Gasteiger partial charge in [-0.15, -0.1) is 0 Å². The second-order valence-electron chi connectivity index (χ2n) is 7.10. The van der Waals surface area contributed by atoms with Gasteiger partial charge in [0.1, 0.15) is 12.2 Å². The molecule has 5 atom stereocenters. The summed E-state index contributed by atoms with van der Waals surface area (Å²) < 4.78 is 11.3. The van der Waals surface area contributed by atoms with Crippen molar-refractivity contribution in [3.05, 3.63) is 34.9 Å². The number of hydrogen-bond acceptors (Lipinski definition) is 3. The van der Waals surface area contributed by atoms with E-state index in [0.29, 0.717) is 11.1 Å². The minimum atomic E-state index is -0.387. The van der Waals surface area contributed by atoms with Crippen LogP contribution in [0.1, 0.15) is 44.3 Å². The number of fused-ring (bicyclic) bond motifs is 1. The second-order valence-corrected chi connectivity index (χ2v) is 7.51. The molecule has 3 aliphatic rings. The summed E-state index contributed by atoms with van der Waals surface area (Å²) in [6, 6.07) is 7.94. The smallest absolute Gasteiger partial charge is 0.411 e. The van der Waals surface area contributed by atoms with Gasteiger partial charge >= 0.3 is 6.09 Å². The maximum atomic E-state index is 12.6. The highest BCUT2D eigenvalue weighted by molar-refractivity contribution is 6.31. The van der Waals surface area contributed by atoms with Gasteiger partial charge in [-0.3, -0.25) is 4.90 Å². The van der Waals surface area contributed by atoms with Crippen molar-refractivity contribution in [3.63, 3.8) is 0 Å². The first-order chi connectivity index (χ1) is 11.1. The number of likely N-dealkylation sites (tertiary alicyclic amines) is 1. The van der Waals surface area contributed by atoms with Crippen LogP contribution in [0.25, 0.3) is 0 Å². The number of nitrogens with zero attached hydrogens (tertiary/aromatic N) is 1. The molecular formula is C18H22ClNO3. The molecule has 2 bridgehead atoms. The molecule has 5 heteroatoms. The van der Waals surface area contributed by atoms with Crippen LogP contribution >= 0.6 is 11.6 Å². The van der Waals surface area contributed by atoms with Gasteiger partial charge in [-0.2, -0.15) is 0 Å². The number of rotatable bonds is 4. The lowest BCUT2D eigenvalue weighted by molar-refractivity contribution is -0.0213. The molecule has 4 rings (SSSR count). The van der Waals surface area contributed by atoms with E-state index in [1.807, 2.05) is 36.1 Å². The van der Waals surface area contributed by atoms with E-state index in [-0.39, 0.29) is 23.8 Å². The maximum Gasteiger partial charge on any atom is 0.411 e. The molecule has 1 saturated heterocycles. The lowest BCUT2D eigenvalue weighted by Gasteiger charge is -2.25. The number of amides is 1. The van der Waals surface area contributed by atoms with Crippen molar-refractivity contribution >= 4 is 17.7 Å². The number of halogens is 1. The Morgan fingerprint density at radius 3 is 2.83 bits per heavy atom. The Labute approximate surface area is 141 Å². The van der Waals surface area contributed by atoms with Gasteiger partial charge < -0.3 is 9.47 Å². The molecule has 2 saturated carbocycles. The lowest BCUT2D eigenvalue weighted by Crippen LogP contribution is -2.30. The van der Waals surface area contributed by atoms with Crippen LogP contribution in [0.5, 0.6) is 0 Å². The summed E-state index contributed by atoms with van der Waals surface area (Å²) in [4.78, 5) is 14.5. The number of carbonyl (C=O) groups is 1. The Balaban J connectivity index is 1.44. The zero-order chi connectivity index (χ0) is 16.2. The molecule has 1 aromatic rings. The van der Waals surface area contributed by atoms with Crippen molar-refractivity contribution < 1.29 is 14.3 Å². The van der Waals surface area contributed by atoms with Crippen LogP contribution in [0.15, 0.2) is 24.3 Å². The molecule has 1 spiro atoms. The molecule has 3 unspecified atom stereocenters. The first kappa shape index (κ1) is 15.3. The van der Waals surface area contributed by atoms with Crippen LogP contribution in [-0.2, 0) is 9.47 Å². The SMILES string of the molecule is CO[C@H](c1ccccc1Cl)[C@@H](C)OC(=O)N1C2CC3CCC21C3. The zero-order valence-electron chi connectivity index (χ0n) is 13.5. The van der Waals surface area contributed by atoms with Crippen molar-refractivity contribution in [1.29, 1.82) is 0 Å². The summed E-state index contributed by atoms with van der Waals surface area (Å²) in [6.45, 7) is 1.86. The van der Waals surface area contributed by atoms with Gasteiger partial charge in [0.05, 0.1) is 11.6 Å².